The quantitative estimate of drug-likeness (QED) is 0.535. The van der Waals surface area contributed by atoms with Crippen molar-refractivity contribution in [1.29, 1.82) is 0 Å². The van der Waals surface area contributed by atoms with Gasteiger partial charge in [0.25, 0.3) is 0 Å². The van der Waals surface area contributed by atoms with Gasteiger partial charge in [0.15, 0.2) is 0 Å². The van der Waals surface area contributed by atoms with Gasteiger partial charge in [-0.25, -0.2) is 4.39 Å². The maximum atomic E-state index is 13.5. The van der Waals surface area contributed by atoms with Crippen molar-refractivity contribution in [1.82, 2.24) is 10.6 Å². The van der Waals surface area contributed by atoms with Crippen molar-refractivity contribution in [3.05, 3.63) is 47.3 Å². The number of halogens is 1. The number of nitrogens with one attached hydrogen (secondary N) is 2. The molecule has 122 valence electrons. The monoisotopic (exact) mass is 304 g/mol. The van der Waals surface area contributed by atoms with Crippen molar-refractivity contribution in [2.45, 2.75) is 51.5 Å². The van der Waals surface area contributed by atoms with Gasteiger partial charge in [-0.05, 0) is 70.2 Å². The van der Waals surface area contributed by atoms with Crippen molar-refractivity contribution >= 4 is 0 Å². The summed E-state index contributed by atoms with van der Waals surface area (Å²) in [6.45, 7) is 5.00. The molecule has 0 saturated carbocycles. The van der Waals surface area contributed by atoms with Crippen molar-refractivity contribution in [3.63, 3.8) is 0 Å². The molecule has 1 aromatic rings. The maximum absolute atomic E-state index is 13.5. The standard InChI is InChI=1S/C19H29FN2/c1-16(22-14-11-17-7-3-2-4-8-17)15-21-13-12-18-9-5-6-10-19(18)20/h5-7,9-10,16,21-22H,2-4,8,11-15H2,1H3. The predicted octanol–water partition coefficient (Wildman–Crippen LogP) is 3.83. The second kappa shape index (κ2) is 9.75. The van der Waals surface area contributed by atoms with Gasteiger partial charge in [0.2, 0.25) is 0 Å². The molecule has 2 rings (SSSR count). The van der Waals surface area contributed by atoms with Crippen molar-refractivity contribution in [2.24, 2.45) is 0 Å². The Morgan fingerprint density at radius 2 is 2.00 bits per heavy atom. The maximum Gasteiger partial charge on any atom is 0.126 e. The number of hydrogen-bond donors (Lipinski definition) is 2. The van der Waals surface area contributed by atoms with Gasteiger partial charge in [-0.1, -0.05) is 29.8 Å². The third-order valence-corrected chi connectivity index (χ3v) is 4.30. The molecule has 0 amide bonds. The van der Waals surface area contributed by atoms with E-state index in [0.29, 0.717) is 6.04 Å². The third kappa shape index (κ3) is 6.29. The highest BCUT2D eigenvalue weighted by atomic mass is 19.1. The van der Waals surface area contributed by atoms with Crippen molar-refractivity contribution in [2.75, 3.05) is 19.6 Å². The molecule has 2 nitrogen and oxygen atoms in total. The molecule has 22 heavy (non-hydrogen) atoms. The van der Waals surface area contributed by atoms with Gasteiger partial charge in [-0.2, -0.15) is 0 Å². The number of hydrogen-bond acceptors (Lipinski definition) is 2. The molecule has 0 spiro atoms. The lowest BCUT2D eigenvalue weighted by Gasteiger charge is -2.17. The molecule has 1 unspecified atom stereocenters. The lowest BCUT2D eigenvalue weighted by Crippen LogP contribution is -2.37. The van der Waals surface area contributed by atoms with E-state index in [2.05, 4.69) is 23.6 Å². The summed E-state index contributed by atoms with van der Waals surface area (Å²) in [5.41, 5.74) is 2.42. The van der Waals surface area contributed by atoms with E-state index >= 15 is 0 Å². The van der Waals surface area contributed by atoms with Crippen LogP contribution < -0.4 is 10.6 Å². The van der Waals surface area contributed by atoms with Crippen LogP contribution in [0.3, 0.4) is 0 Å². The van der Waals surface area contributed by atoms with Crippen molar-refractivity contribution < 1.29 is 4.39 Å². The molecule has 3 heteroatoms. The second-order valence-corrected chi connectivity index (χ2v) is 6.26. The Morgan fingerprint density at radius 1 is 1.14 bits per heavy atom. The zero-order chi connectivity index (χ0) is 15.6. The van der Waals surface area contributed by atoms with Gasteiger partial charge in [-0.3, -0.25) is 0 Å². The summed E-state index contributed by atoms with van der Waals surface area (Å²) in [5.74, 6) is -0.101. The Bertz CT molecular complexity index is 470. The number of allylic oxidation sites excluding steroid dienone is 1. The Kier molecular flexibility index (Phi) is 7.61. The fraction of sp³-hybridized carbons (Fsp3) is 0.579. The van der Waals surface area contributed by atoms with Crippen LogP contribution in [0, 0.1) is 5.82 Å². The summed E-state index contributed by atoms with van der Waals surface area (Å²) in [7, 11) is 0. The predicted molar refractivity (Wildman–Crippen MR) is 91.6 cm³/mol. The van der Waals surface area contributed by atoms with Gasteiger partial charge >= 0.3 is 0 Å². The molecule has 1 aliphatic rings. The fourth-order valence-corrected chi connectivity index (χ4v) is 2.93. The SMILES string of the molecule is CC(CNCCc1ccccc1F)NCCC1=CCCCC1. The highest BCUT2D eigenvalue weighted by molar-refractivity contribution is 5.17. The fourth-order valence-electron chi connectivity index (χ4n) is 2.93. The molecule has 1 aromatic carbocycles. The Labute approximate surface area is 134 Å². The zero-order valence-corrected chi connectivity index (χ0v) is 13.7. The minimum absolute atomic E-state index is 0.101. The van der Waals surface area contributed by atoms with Gasteiger partial charge in [0, 0.05) is 12.6 Å². The highest BCUT2D eigenvalue weighted by Crippen LogP contribution is 2.19. The van der Waals surface area contributed by atoms with Gasteiger partial charge in [-0.15, -0.1) is 0 Å². The van der Waals surface area contributed by atoms with E-state index in [4.69, 9.17) is 0 Å². The van der Waals surface area contributed by atoms with E-state index < -0.39 is 0 Å². The average molecular weight is 304 g/mol. The van der Waals surface area contributed by atoms with E-state index in [1.165, 1.54) is 38.2 Å². The normalized spacial score (nSPS) is 16.4. The average Bonchev–Trinajstić information content (AvgIpc) is 2.54. The summed E-state index contributed by atoms with van der Waals surface area (Å²) >= 11 is 0. The van der Waals surface area contributed by atoms with E-state index in [1.54, 1.807) is 11.6 Å². The molecule has 1 atom stereocenters. The molecule has 0 aromatic heterocycles. The zero-order valence-electron chi connectivity index (χ0n) is 13.7. The van der Waals surface area contributed by atoms with Gasteiger partial charge < -0.3 is 10.6 Å². The molecule has 0 fully saturated rings. The van der Waals surface area contributed by atoms with Crippen LogP contribution >= 0.6 is 0 Å². The third-order valence-electron chi connectivity index (χ3n) is 4.30. The molecule has 2 N–H and O–H groups in total. The smallest absolute Gasteiger partial charge is 0.126 e. The van der Waals surface area contributed by atoms with Crippen LogP contribution in [0.4, 0.5) is 4.39 Å². The van der Waals surface area contributed by atoms with Crippen LogP contribution in [-0.4, -0.2) is 25.7 Å². The number of benzene rings is 1. The largest absolute Gasteiger partial charge is 0.315 e. The lowest BCUT2D eigenvalue weighted by atomic mass is 9.97. The molecule has 0 heterocycles. The van der Waals surface area contributed by atoms with E-state index in [1.807, 2.05) is 12.1 Å². The summed E-state index contributed by atoms with van der Waals surface area (Å²) in [4.78, 5) is 0. The summed E-state index contributed by atoms with van der Waals surface area (Å²) < 4.78 is 13.5. The first-order valence-electron chi connectivity index (χ1n) is 8.61. The topological polar surface area (TPSA) is 24.1 Å². The molecule has 0 bridgehead atoms. The van der Waals surface area contributed by atoms with Crippen LogP contribution in [0.25, 0.3) is 0 Å². The van der Waals surface area contributed by atoms with Crippen molar-refractivity contribution in [3.8, 4) is 0 Å². The highest BCUT2D eigenvalue weighted by Gasteiger charge is 2.05. The van der Waals surface area contributed by atoms with E-state index in [9.17, 15) is 4.39 Å². The van der Waals surface area contributed by atoms with E-state index in [-0.39, 0.29) is 5.82 Å². The summed E-state index contributed by atoms with van der Waals surface area (Å²) in [5, 5.41) is 6.97. The lowest BCUT2D eigenvalue weighted by molar-refractivity contribution is 0.499. The minimum atomic E-state index is -0.101. The Balaban J connectivity index is 1.53. The molecule has 0 aliphatic heterocycles. The van der Waals surface area contributed by atoms with Gasteiger partial charge in [0.05, 0.1) is 0 Å². The first-order chi connectivity index (χ1) is 10.8. The summed E-state index contributed by atoms with van der Waals surface area (Å²) in [6, 6.07) is 7.46. The van der Waals surface area contributed by atoms with Crippen LogP contribution in [0.5, 0.6) is 0 Å². The van der Waals surface area contributed by atoms with E-state index in [0.717, 1.165) is 31.6 Å². The Hall–Kier alpha value is -1.19. The summed E-state index contributed by atoms with van der Waals surface area (Å²) in [6.07, 6.45) is 9.62. The van der Waals surface area contributed by atoms with Crippen LogP contribution in [0.1, 0.15) is 44.6 Å². The molecule has 1 aliphatic carbocycles. The van der Waals surface area contributed by atoms with Crippen LogP contribution in [0.2, 0.25) is 0 Å². The van der Waals surface area contributed by atoms with Crippen LogP contribution in [0.15, 0.2) is 35.9 Å². The molecular weight excluding hydrogens is 275 g/mol. The number of rotatable bonds is 9. The molecule has 0 saturated heterocycles. The van der Waals surface area contributed by atoms with Gasteiger partial charge in [0.1, 0.15) is 5.82 Å². The molecule has 0 radical (unpaired) electrons. The second-order valence-electron chi connectivity index (χ2n) is 6.26. The Morgan fingerprint density at radius 3 is 2.77 bits per heavy atom. The van der Waals surface area contributed by atoms with Crippen LogP contribution in [-0.2, 0) is 6.42 Å². The minimum Gasteiger partial charge on any atom is -0.315 e. The molecular formula is C19H29FN2. The first-order valence-corrected chi connectivity index (χ1v) is 8.61. The first kappa shape index (κ1) is 17.2.